The van der Waals surface area contributed by atoms with Gasteiger partial charge in [-0.3, -0.25) is 4.79 Å². The summed E-state index contributed by atoms with van der Waals surface area (Å²) in [5.41, 5.74) is 7.13. The van der Waals surface area contributed by atoms with Crippen LogP contribution in [-0.4, -0.2) is 29.9 Å². The van der Waals surface area contributed by atoms with Crippen LogP contribution in [0.3, 0.4) is 0 Å². The van der Waals surface area contributed by atoms with Gasteiger partial charge in [-0.05, 0) is 24.6 Å². The van der Waals surface area contributed by atoms with E-state index in [-0.39, 0.29) is 11.9 Å². The number of hydrogen-bond acceptors (Lipinski definition) is 3. The molecule has 1 aliphatic rings. The second-order valence-electron chi connectivity index (χ2n) is 4.62. The van der Waals surface area contributed by atoms with Crippen LogP contribution >= 0.6 is 11.6 Å². The van der Waals surface area contributed by atoms with E-state index in [9.17, 15) is 4.79 Å². The number of halogens is 1. The normalized spacial score (nSPS) is 19.3. The van der Waals surface area contributed by atoms with E-state index >= 15 is 0 Å². The molecule has 5 heteroatoms. The zero-order chi connectivity index (χ0) is 13.1. The van der Waals surface area contributed by atoms with Crippen LogP contribution in [0.25, 0.3) is 0 Å². The molecule has 4 nitrogen and oxygen atoms in total. The maximum atomic E-state index is 11.7. The first-order valence-corrected chi connectivity index (χ1v) is 6.57. The van der Waals surface area contributed by atoms with Crippen LogP contribution in [0.1, 0.15) is 19.8 Å². The minimum atomic E-state index is 0.156. The van der Waals surface area contributed by atoms with Gasteiger partial charge in [0.25, 0.3) is 0 Å². The van der Waals surface area contributed by atoms with Crippen molar-refractivity contribution >= 4 is 28.9 Å². The molecule has 1 atom stereocenters. The van der Waals surface area contributed by atoms with Crippen molar-refractivity contribution in [1.29, 1.82) is 0 Å². The summed E-state index contributed by atoms with van der Waals surface area (Å²) in [5.74, 6) is 0.218. The highest BCUT2D eigenvalue weighted by atomic mass is 35.5. The number of carbonyl (C=O) groups excluding carboxylic acids is 1. The van der Waals surface area contributed by atoms with Gasteiger partial charge < -0.3 is 16.0 Å². The third kappa shape index (κ3) is 2.88. The van der Waals surface area contributed by atoms with E-state index in [4.69, 9.17) is 17.3 Å². The van der Waals surface area contributed by atoms with E-state index < -0.39 is 0 Å². The molecule has 1 aromatic carbocycles. The van der Waals surface area contributed by atoms with Gasteiger partial charge in [0.05, 0.1) is 16.8 Å². The van der Waals surface area contributed by atoms with E-state index in [1.54, 1.807) is 12.1 Å². The SMILES string of the molecule is CCCN1C[C@@H](Nc2ccc(N)c(Cl)c2)CC1=O. The average Bonchev–Trinajstić information content (AvgIpc) is 2.65. The van der Waals surface area contributed by atoms with Gasteiger partial charge in [0.2, 0.25) is 5.91 Å². The largest absolute Gasteiger partial charge is 0.398 e. The number of hydrogen-bond donors (Lipinski definition) is 2. The molecule has 0 unspecified atom stereocenters. The Morgan fingerprint density at radius 2 is 2.33 bits per heavy atom. The molecule has 0 bridgehead atoms. The van der Waals surface area contributed by atoms with Crippen molar-refractivity contribution < 1.29 is 4.79 Å². The van der Waals surface area contributed by atoms with Crippen LogP contribution in [0.4, 0.5) is 11.4 Å². The van der Waals surface area contributed by atoms with Gasteiger partial charge in [-0.1, -0.05) is 18.5 Å². The minimum Gasteiger partial charge on any atom is -0.398 e. The molecule has 98 valence electrons. The van der Waals surface area contributed by atoms with Gasteiger partial charge in [0.15, 0.2) is 0 Å². The average molecular weight is 268 g/mol. The number of nitrogens with zero attached hydrogens (tertiary/aromatic N) is 1. The molecule has 3 N–H and O–H groups in total. The summed E-state index contributed by atoms with van der Waals surface area (Å²) in [6, 6.07) is 5.60. The third-order valence-corrected chi connectivity index (χ3v) is 3.41. The smallest absolute Gasteiger partial charge is 0.224 e. The van der Waals surface area contributed by atoms with E-state index in [0.29, 0.717) is 17.1 Å². The third-order valence-electron chi connectivity index (χ3n) is 3.08. The molecule has 1 saturated heterocycles. The van der Waals surface area contributed by atoms with E-state index in [0.717, 1.165) is 25.2 Å². The number of likely N-dealkylation sites (tertiary alicyclic amines) is 1. The van der Waals surface area contributed by atoms with Crippen LogP contribution in [-0.2, 0) is 4.79 Å². The molecule has 2 rings (SSSR count). The predicted octanol–water partition coefficient (Wildman–Crippen LogP) is 2.35. The van der Waals surface area contributed by atoms with Crippen LogP contribution < -0.4 is 11.1 Å². The lowest BCUT2D eigenvalue weighted by Crippen LogP contribution is -2.28. The number of nitrogen functional groups attached to an aromatic ring is 1. The number of rotatable bonds is 4. The lowest BCUT2D eigenvalue weighted by molar-refractivity contribution is -0.127. The second-order valence-corrected chi connectivity index (χ2v) is 5.03. The number of nitrogens with one attached hydrogen (secondary N) is 1. The Kier molecular flexibility index (Phi) is 3.97. The standard InChI is InChI=1S/C13H18ClN3O/c1-2-5-17-8-10(7-13(17)18)16-9-3-4-12(15)11(14)6-9/h3-4,6,10,16H,2,5,7-8,15H2,1H3/t10-/m0/s1. The summed E-state index contributed by atoms with van der Waals surface area (Å²) in [5, 5.41) is 3.86. The maximum Gasteiger partial charge on any atom is 0.224 e. The Balaban J connectivity index is 1.98. The molecule has 1 fully saturated rings. The first-order chi connectivity index (χ1) is 8.60. The molecule has 1 aliphatic heterocycles. The Morgan fingerprint density at radius 1 is 1.56 bits per heavy atom. The summed E-state index contributed by atoms with van der Waals surface area (Å²) in [6.07, 6.45) is 1.54. The Labute approximate surface area is 112 Å². The Hall–Kier alpha value is -1.42. The van der Waals surface area contributed by atoms with Crippen LogP contribution in [0.2, 0.25) is 5.02 Å². The number of carbonyl (C=O) groups is 1. The molecule has 0 radical (unpaired) electrons. The number of nitrogens with two attached hydrogens (primary N) is 1. The fourth-order valence-corrected chi connectivity index (χ4v) is 2.39. The Morgan fingerprint density at radius 3 is 3.00 bits per heavy atom. The molecule has 1 aromatic rings. The molecule has 0 aromatic heterocycles. The van der Waals surface area contributed by atoms with Gasteiger partial charge in [0, 0.05) is 25.2 Å². The maximum absolute atomic E-state index is 11.7. The zero-order valence-electron chi connectivity index (χ0n) is 10.4. The van der Waals surface area contributed by atoms with Crippen molar-refractivity contribution in [2.24, 2.45) is 0 Å². The monoisotopic (exact) mass is 267 g/mol. The summed E-state index contributed by atoms with van der Waals surface area (Å²) >= 11 is 5.96. The topological polar surface area (TPSA) is 58.4 Å². The highest BCUT2D eigenvalue weighted by Gasteiger charge is 2.28. The van der Waals surface area contributed by atoms with E-state index in [1.165, 1.54) is 0 Å². The highest BCUT2D eigenvalue weighted by Crippen LogP contribution is 2.24. The van der Waals surface area contributed by atoms with Crippen LogP contribution in [0, 0.1) is 0 Å². The van der Waals surface area contributed by atoms with Crippen molar-refractivity contribution in [2.75, 3.05) is 24.1 Å². The lowest BCUT2D eigenvalue weighted by atomic mass is 10.2. The quantitative estimate of drug-likeness (QED) is 0.824. The summed E-state index contributed by atoms with van der Waals surface area (Å²) in [4.78, 5) is 13.6. The van der Waals surface area contributed by atoms with Gasteiger partial charge in [-0.15, -0.1) is 0 Å². The number of amides is 1. The van der Waals surface area contributed by atoms with Crippen LogP contribution in [0.15, 0.2) is 18.2 Å². The molecule has 0 spiro atoms. The Bertz CT molecular complexity index is 450. The van der Waals surface area contributed by atoms with Gasteiger partial charge in [-0.2, -0.15) is 0 Å². The van der Waals surface area contributed by atoms with Gasteiger partial charge in [-0.25, -0.2) is 0 Å². The number of benzene rings is 1. The molecule has 1 amide bonds. The lowest BCUT2D eigenvalue weighted by Gasteiger charge is -2.17. The summed E-state index contributed by atoms with van der Waals surface area (Å²) < 4.78 is 0. The van der Waals surface area contributed by atoms with Crippen LogP contribution in [0.5, 0.6) is 0 Å². The summed E-state index contributed by atoms with van der Waals surface area (Å²) in [7, 11) is 0. The minimum absolute atomic E-state index is 0.156. The van der Waals surface area contributed by atoms with Crippen molar-refractivity contribution in [2.45, 2.75) is 25.8 Å². The van der Waals surface area contributed by atoms with Gasteiger partial charge in [0.1, 0.15) is 0 Å². The van der Waals surface area contributed by atoms with Crippen molar-refractivity contribution in [3.05, 3.63) is 23.2 Å². The molecule has 0 aliphatic carbocycles. The fourth-order valence-electron chi connectivity index (χ4n) is 2.21. The van der Waals surface area contributed by atoms with Crippen molar-refractivity contribution in [3.8, 4) is 0 Å². The van der Waals surface area contributed by atoms with Crippen molar-refractivity contribution in [3.63, 3.8) is 0 Å². The second kappa shape index (κ2) is 5.48. The number of anilines is 2. The van der Waals surface area contributed by atoms with Crippen molar-refractivity contribution in [1.82, 2.24) is 4.90 Å². The molecule has 18 heavy (non-hydrogen) atoms. The highest BCUT2D eigenvalue weighted by molar-refractivity contribution is 6.33. The first kappa shape index (κ1) is 13.0. The fraction of sp³-hybridized carbons (Fsp3) is 0.462. The van der Waals surface area contributed by atoms with E-state index in [1.807, 2.05) is 11.0 Å². The molecular weight excluding hydrogens is 250 g/mol. The zero-order valence-corrected chi connectivity index (χ0v) is 11.2. The molecule has 1 heterocycles. The molecular formula is C13H18ClN3O. The molecule has 0 saturated carbocycles. The summed E-state index contributed by atoms with van der Waals surface area (Å²) in [6.45, 7) is 3.67. The predicted molar refractivity (Wildman–Crippen MR) is 74.8 cm³/mol. The van der Waals surface area contributed by atoms with E-state index in [2.05, 4.69) is 12.2 Å². The first-order valence-electron chi connectivity index (χ1n) is 6.19. The van der Waals surface area contributed by atoms with Gasteiger partial charge >= 0.3 is 0 Å².